The number of nitrogens with one attached hydrogen (secondary N) is 1. The average Bonchev–Trinajstić information content (AvgIpc) is 3.48. The third kappa shape index (κ3) is 5.98. The van der Waals surface area contributed by atoms with E-state index in [0.717, 1.165) is 61.0 Å². The monoisotopic (exact) mass is 441 g/mol. The molecule has 0 saturated carbocycles. The summed E-state index contributed by atoms with van der Waals surface area (Å²) in [5, 5.41) is 8.04. The van der Waals surface area contributed by atoms with E-state index in [0.29, 0.717) is 12.5 Å². The number of hydrogen-bond acceptors (Lipinski definition) is 6. The van der Waals surface area contributed by atoms with E-state index >= 15 is 0 Å². The van der Waals surface area contributed by atoms with Gasteiger partial charge in [-0.25, -0.2) is 4.98 Å². The maximum absolute atomic E-state index is 12.4. The molecule has 1 fully saturated rings. The fourth-order valence-corrected chi connectivity index (χ4v) is 5.19. The Hall–Kier alpha value is -2.06. The fourth-order valence-electron chi connectivity index (χ4n) is 3.66. The Balaban J connectivity index is 1.36. The van der Waals surface area contributed by atoms with Gasteiger partial charge in [0.1, 0.15) is 5.01 Å². The summed E-state index contributed by atoms with van der Waals surface area (Å²) in [4.78, 5) is 20.9. The van der Waals surface area contributed by atoms with Crippen LogP contribution >= 0.6 is 22.7 Å². The van der Waals surface area contributed by atoms with Gasteiger partial charge >= 0.3 is 0 Å². The van der Waals surface area contributed by atoms with Crippen molar-refractivity contribution in [1.29, 1.82) is 0 Å². The molecule has 1 amide bonds. The molecule has 0 bridgehead atoms. The van der Waals surface area contributed by atoms with Gasteiger partial charge in [-0.2, -0.15) is 0 Å². The Bertz CT molecular complexity index is 949. The van der Waals surface area contributed by atoms with Crippen molar-refractivity contribution >= 4 is 34.3 Å². The van der Waals surface area contributed by atoms with Crippen molar-refractivity contribution in [2.24, 2.45) is 0 Å². The molecule has 1 unspecified atom stereocenters. The number of anilines is 1. The lowest BCUT2D eigenvalue weighted by Crippen LogP contribution is -2.31. The smallest absolute Gasteiger partial charge is 0.231 e. The van der Waals surface area contributed by atoms with Crippen LogP contribution in [0.5, 0.6) is 0 Å². The second-order valence-electron chi connectivity index (χ2n) is 7.66. The Labute approximate surface area is 185 Å². The van der Waals surface area contributed by atoms with Crippen molar-refractivity contribution in [1.82, 2.24) is 9.88 Å². The van der Waals surface area contributed by atoms with Crippen LogP contribution in [0.25, 0.3) is 0 Å². The van der Waals surface area contributed by atoms with E-state index in [2.05, 4.69) is 33.1 Å². The molecule has 1 atom stereocenters. The summed E-state index contributed by atoms with van der Waals surface area (Å²) in [6, 6.07) is 12.1. The predicted molar refractivity (Wildman–Crippen MR) is 123 cm³/mol. The zero-order valence-electron chi connectivity index (χ0n) is 17.2. The van der Waals surface area contributed by atoms with Crippen LogP contribution in [0.2, 0.25) is 0 Å². The number of carbonyl (C=O) groups excluding carboxylic acids is 1. The summed E-state index contributed by atoms with van der Waals surface area (Å²) in [6.07, 6.45) is 2.88. The van der Waals surface area contributed by atoms with Crippen molar-refractivity contribution in [3.8, 4) is 0 Å². The molecule has 1 aromatic carbocycles. The lowest BCUT2D eigenvalue weighted by Gasteiger charge is -2.23. The third-order valence-electron chi connectivity index (χ3n) is 5.16. The molecule has 0 aliphatic carbocycles. The number of thiophene rings is 1. The average molecular weight is 442 g/mol. The second kappa shape index (κ2) is 10.3. The van der Waals surface area contributed by atoms with E-state index in [1.54, 1.807) is 22.7 Å². The SMILES string of the molecule is Cc1ccccc1NC(=O)Cc1nc(CN(Cc2cccs2)CC2CCCO2)cs1. The minimum Gasteiger partial charge on any atom is -0.377 e. The standard InChI is InChI=1S/C23H27N3O2S2/c1-17-6-2-3-9-21(17)25-22(27)12-23-24-18(16-30-23)13-26(14-19-7-4-10-28-19)15-20-8-5-11-29-20/h2-3,5-6,8-9,11,16,19H,4,7,10,12-15H2,1H3,(H,25,27). The molecule has 1 aliphatic heterocycles. The highest BCUT2D eigenvalue weighted by molar-refractivity contribution is 7.10. The summed E-state index contributed by atoms with van der Waals surface area (Å²) in [7, 11) is 0. The second-order valence-corrected chi connectivity index (χ2v) is 9.63. The number of aromatic nitrogens is 1. The van der Waals surface area contributed by atoms with Crippen LogP contribution in [-0.4, -0.2) is 35.0 Å². The highest BCUT2D eigenvalue weighted by Crippen LogP contribution is 2.21. The largest absolute Gasteiger partial charge is 0.377 e. The molecule has 3 heterocycles. The molecule has 0 radical (unpaired) electrons. The first kappa shape index (κ1) is 21.2. The van der Waals surface area contributed by atoms with Gasteiger partial charge in [-0.15, -0.1) is 22.7 Å². The van der Waals surface area contributed by atoms with Crippen LogP contribution in [-0.2, 0) is 29.0 Å². The number of benzene rings is 1. The van der Waals surface area contributed by atoms with Crippen LogP contribution in [0.3, 0.4) is 0 Å². The molecule has 3 aromatic rings. The van der Waals surface area contributed by atoms with Gasteiger partial charge in [0.15, 0.2) is 0 Å². The number of aryl methyl sites for hydroxylation is 1. The topological polar surface area (TPSA) is 54.5 Å². The zero-order chi connectivity index (χ0) is 20.8. The highest BCUT2D eigenvalue weighted by Gasteiger charge is 2.21. The summed E-state index contributed by atoms with van der Waals surface area (Å²) >= 11 is 3.34. The quantitative estimate of drug-likeness (QED) is 0.514. The minimum atomic E-state index is -0.0278. The van der Waals surface area contributed by atoms with Gasteiger partial charge in [-0.05, 0) is 42.8 Å². The molecular weight excluding hydrogens is 414 g/mol. The van der Waals surface area contributed by atoms with Crippen molar-refractivity contribution in [2.75, 3.05) is 18.5 Å². The van der Waals surface area contributed by atoms with Gasteiger partial charge in [0.2, 0.25) is 5.91 Å². The van der Waals surface area contributed by atoms with Crippen LogP contribution in [0.15, 0.2) is 47.2 Å². The fraction of sp³-hybridized carbons (Fsp3) is 0.391. The first-order chi connectivity index (χ1) is 14.7. The molecule has 1 N–H and O–H groups in total. The number of nitrogens with zero attached hydrogens (tertiary/aromatic N) is 2. The number of rotatable bonds is 9. The van der Waals surface area contributed by atoms with Crippen molar-refractivity contribution < 1.29 is 9.53 Å². The molecular formula is C23H27N3O2S2. The van der Waals surface area contributed by atoms with Crippen LogP contribution in [0.1, 0.15) is 34.0 Å². The molecule has 2 aromatic heterocycles. The molecule has 30 heavy (non-hydrogen) atoms. The number of carbonyl (C=O) groups is 1. The summed E-state index contributed by atoms with van der Waals surface area (Å²) in [6.45, 7) is 5.45. The summed E-state index contributed by atoms with van der Waals surface area (Å²) < 4.78 is 5.86. The van der Waals surface area contributed by atoms with E-state index in [1.807, 2.05) is 31.2 Å². The Morgan fingerprint density at radius 3 is 2.90 bits per heavy atom. The van der Waals surface area contributed by atoms with E-state index in [1.165, 1.54) is 4.88 Å². The Morgan fingerprint density at radius 2 is 2.13 bits per heavy atom. The van der Waals surface area contributed by atoms with Gasteiger partial charge in [0, 0.05) is 42.2 Å². The first-order valence-corrected chi connectivity index (χ1v) is 12.1. The molecule has 4 rings (SSSR count). The highest BCUT2D eigenvalue weighted by atomic mass is 32.1. The number of amides is 1. The lowest BCUT2D eigenvalue weighted by atomic mass is 10.2. The van der Waals surface area contributed by atoms with Crippen molar-refractivity contribution in [3.05, 3.63) is 68.3 Å². The van der Waals surface area contributed by atoms with E-state index in [-0.39, 0.29) is 5.91 Å². The molecule has 1 aliphatic rings. The molecule has 1 saturated heterocycles. The van der Waals surface area contributed by atoms with Crippen molar-refractivity contribution in [2.45, 2.75) is 45.4 Å². The minimum absolute atomic E-state index is 0.0278. The number of hydrogen-bond donors (Lipinski definition) is 1. The molecule has 0 spiro atoms. The normalized spacial score (nSPS) is 16.3. The summed E-state index contributed by atoms with van der Waals surface area (Å²) in [5.41, 5.74) is 2.94. The van der Waals surface area contributed by atoms with E-state index in [9.17, 15) is 4.79 Å². The summed E-state index contributed by atoms with van der Waals surface area (Å²) in [5.74, 6) is -0.0278. The predicted octanol–water partition coefficient (Wildman–Crippen LogP) is 4.88. The van der Waals surface area contributed by atoms with Crippen LogP contribution < -0.4 is 5.32 Å². The Morgan fingerprint density at radius 1 is 1.23 bits per heavy atom. The number of para-hydroxylation sites is 1. The van der Waals surface area contributed by atoms with Crippen LogP contribution in [0.4, 0.5) is 5.69 Å². The number of thiazole rings is 1. The van der Waals surface area contributed by atoms with Crippen molar-refractivity contribution in [3.63, 3.8) is 0 Å². The van der Waals surface area contributed by atoms with Crippen LogP contribution in [0, 0.1) is 6.92 Å². The van der Waals surface area contributed by atoms with Gasteiger partial charge in [-0.1, -0.05) is 24.3 Å². The third-order valence-corrected chi connectivity index (χ3v) is 6.92. The van der Waals surface area contributed by atoms with Gasteiger partial charge in [-0.3, -0.25) is 9.69 Å². The van der Waals surface area contributed by atoms with Gasteiger partial charge < -0.3 is 10.1 Å². The van der Waals surface area contributed by atoms with Gasteiger partial charge in [0.05, 0.1) is 18.2 Å². The number of ether oxygens (including phenoxy) is 1. The molecule has 158 valence electrons. The lowest BCUT2D eigenvalue weighted by molar-refractivity contribution is -0.115. The maximum Gasteiger partial charge on any atom is 0.231 e. The Kier molecular flexibility index (Phi) is 7.28. The first-order valence-electron chi connectivity index (χ1n) is 10.3. The van der Waals surface area contributed by atoms with E-state index < -0.39 is 0 Å². The maximum atomic E-state index is 12.4. The van der Waals surface area contributed by atoms with Gasteiger partial charge in [0.25, 0.3) is 0 Å². The van der Waals surface area contributed by atoms with E-state index in [4.69, 9.17) is 9.72 Å². The molecule has 7 heteroatoms. The molecule has 5 nitrogen and oxygen atoms in total. The zero-order valence-corrected chi connectivity index (χ0v) is 18.8.